The third-order valence-electron chi connectivity index (χ3n) is 2.93. The zero-order valence-electron chi connectivity index (χ0n) is 13.6. The molecule has 0 aliphatic heterocycles. The molecule has 0 bridgehead atoms. The van der Waals surface area contributed by atoms with Gasteiger partial charge in [0.15, 0.2) is 0 Å². The van der Waals surface area contributed by atoms with E-state index in [2.05, 4.69) is 5.32 Å². The first-order valence-electron chi connectivity index (χ1n) is 7.25. The highest BCUT2D eigenvalue weighted by atomic mass is 16.6. The molecule has 0 saturated heterocycles. The van der Waals surface area contributed by atoms with Gasteiger partial charge in [0, 0.05) is 6.42 Å². The van der Waals surface area contributed by atoms with Crippen molar-refractivity contribution in [3.8, 4) is 0 Å². The van der Waals surface area contributed by atoms with Gasteiger partial charge in [0.1, 0.15) is 17.4 Å². The summed E-state index contributed by atoms with van der Waals surface area (Å²) in [4.78, 5) is 24.5. The second kappa shape index (κ2) is 6.78. The predicted molar refractivity (Wildman–Crippen MR) is 80.0 cm³/mol. The summed E-state index contributed by atoms with van der Waals surface area (Å²) in [5, 5.41) is 2.74. The first kappa shape index (κ1) is 17.3. The van der Waals surface area contributed by atoms with E-state index in [-0.39, 0.29) is 11.8 Å². The molecule has 5 heteroatoms. The van der Waals surface area contributed by atoms with Crippen molar-refractivity contribution < 1.29 is 18.7 Å². The van der Waals surface area contributed by atoms with Gasteiger partial charge in [0.2, 0.25) is 0 Å². The molecule has 118 valence electrons. The summed E-state index contributed by atoms with van der Waals surface area (Å²) in [5.41, 5.74) is -0.120. The molecule has 5 nitrogen and oxygen atoms in total. The third kappa shape index (κ3) is 4.92. The van der Waals surface area contributed by atoms with Gasteiger partial charge < -0.3 is 14.5 Å². The molecule has 1 rings (SSSR count). The zero-order chi connectivity index (χ0) is 16.2. The highest BCUT2D eigenvalue weighted by Crippen LogP contribution is 2.15. The number of amides is 1. The van der Waals surface area contributed by atoms with E-state index in [0.29, 0.717) is 17.7 Å². The Hall–Kier alpha value is -1.78. The van der Waals surface area contributed by atoms with E-state index in [1.807, 2.05) is 20.8 Å². The normalized spacial score (nSPS) is 13.1. The molecule has 0 unspecified atom stereocenters. The number of ether oxygens (including phenoxy) is 1. The fraction of sp³-hybridized carbons (Fsp3) is 0.625. The minimum Gasteiger partial charge on any atom is -0.469 e. The van der Waals surface area contributed by atoms with Gasteiger partial charge in [-0.2, -0.15) is 0 Å². The Morgan fingerprint density at radius 2 is 1.95 bits per heavy atom. The molecule has 1 N–H and O–H groups in total. The van der Waals surface area contributed by atoms with Crippen LogP contribution in [0.15, 0.2) is 16.7 Å². The first-order valence-corrected chi connectivity index (χ1v) is 7.25. The Morgan fingerprint density at radius 3 is 2.43 bits per heavy atom. The van der Waals surface area contributed by atoms with E-state index in [1.165, 1.54) is 6.26 Å². The summed E-state index contributed by atoms with van der Waals surface area (Å²) >= 11 is 0. The van der Waals surface area contributed by atoms with Gasteiger partial charge in [0.25, 0.3) is 5.91 Å². The molecular formula is C16H25NO4. The van der Waals surface area contributed by atoms with Gasteiger partial charge in [0.05, 0.1) is 11.8 Å². The highest BCUT2D eigenvalue weighted by Gasteiger charge is 2.30. The smallest absolute Gasteiger partial charge is 0.329 e. The van der Waals surface area contributed by atoms with Crippen molar-refractivity contribution in [3.05, 3.63) is 23.7 Å². The summed E-state index contributed by atoms with van der Waals surface area (Å²) in [6.07, 6.45) is 2.10. The van der Waals surface area contributed by atoms with Gasteiger partial charge in [-0.15, -0.1) is 0 Å². The summed E-state index contributed by atoms with van der Waals surface area (Å²) in [5.74, 6) is -0.197. The van der Waals surface area contributed by atoms with Crippen molar-refractivity contribution in [2.75, 3.05) is 0 Å². The van der Waals surface area contributed by atoms with Crippen molar-refractivity contribution in [1.82, 2.24) is 5.32 Å². The molecule has 21 heavy (non-hydrogen) atoms. The summed E-state index contributed by atoms with van der Waals surface area (Å²) in [6, 6.07) is 0.928. The van der Waals surface area contributed by atoms with Crippen LogP contribution in [0.5, 0.6) is 0 Å². The van der Waals surface area contributed by atoms with Crippen LogP contribution in [0.25, 0.3) is 0 Å². The summed E-state index contributed by atoms with van der Waals surface area (Å²) < 4.78 is 10.6. The molecule has 1 amide bonds. The second-order valence-electron chi connectivity index (χ2n) is 6.34. The van der Waals surface area contributed by atoms with E-state index in [0.717, 1.165) is 0 Å². The van der Waals surface area contributed by atoms with Crippen LogP contribution in [0.4, 0.5) is 0 Å². The number of nitrogens with one attached hydrogen (secondary N) is 1. The number of esters is 1. The average molecular weight is 295 g/mol. The van der Waals surface area contributed by atoms with Crippen LogP contribution < -0.4 is 5.32 Å². The Kier molecular flexibility index (Phi) is 5.58. The monoisotopic (exact) mass is 295 g/mol. The van der Waals surface area contributed by atoms with Crippen molar-refractivity contribution in [3.63, 3.8) is 0 Å². The Bertz CT molecular complexity index is 497. The summed E-state index contributed by atoms with van der Waals surface area (Å²) in [7, 11) is 0. The lowest BCUT2D eigenvalue weighted by Gasteiger charge is -2.26. The molecule has 0 fully saturated rings. The Balaban J connectivity index is 2.84. The number of hydrogen-bond donors (Lipinski definition) is 1. The second-order valence-corrected chi connectivity index (χ2v) is 6.34. The zero-order valence-corrected chi connectivity index (χ0v) is 13.6. The average Bonchev–Trinajstić information content (AvgIpc) is 2.81. The van der Waals surface area contributed by atoms with E-state index in [1.54, 1.807) is 26.8 Å². The third-order valence-corrected chi connectivity index (χ3v) is 2.93. The maximum absolute atomic E-state index is 12.3. The van der Waals surface area contributed by atoms with Crippen molar-refractivity contribution in [2.45, 2.75) is 59.6 Å². The topological polar surface area (TPSA) is 68.5 Å². The van der Waals surface area contributed by atoms with E-state index < -0.39 is 17.6 Å². The SMILES string of the molecule is CCc1occc1C(=O)N[C@@H](C(=O)OC(C)(C)C)C(C)C. The standard InChI is InChI=1S/C16H25NO4/c1-7-12-11(8-9-20-12)14(18)17-13(10(2)3)15(19)21-16(4,5)6/h8-10,13H,7H2,1-6H3,(H,17,18)/t13-/m1/s1. The van der Waals surface area contributed by atoms with E-state index in [4.69, 9.17) is 9.15 Å². The molecule has 0 radical (unpaired) electrons. The molecular weight excluding hydrogens is 270 g/mol. The first-order chi connectivity index (χ1) is 9.65. The van der Waals surface area contributed by atoms with Crippen LogP contribution in [0.3, 0.4) is 0 Å². The number of furan rings is 1. The van der Waals surface area contributed by atoms with Crippen molar-refractivity contribution in [1.29, 1.82) is 0 Å². The molecule has 0 aliphatic rings. The number of carbonyl (C=O) groups is 2. The van der Waals surface area contributed by atoms with Crippen LogP contribution >= 0.6 is 0 Å². The minimum atomic E-state index is -0.684. The van der Waals surface area contributed by atoms with Gasteiger partial charge in [-0.1, -0.05) is 20.8 Å². The minimum absolute atomic E-state index is 0.0687. The number of carbonyl (C=O) groups excluding carboxylic acids is 2. The number of hydrogen-bond acceptors (Lipinski definition) is 4. The maximum atomic E-state index is 12.3. The lowest BCUT2D eigenvalue weighted by molar-refractivity contribution is -0.158. The van der Waals surface area contributed by atoms with Crippen LogP contribution in [0.2, 0.25) is 0 Å². The molecule has 0 saturated carbocycles. The molecule has 1 aromatic rings. The van der Waals surface area contributed by atoms with E-state index in [9.17, 15) is 9.59 Å². The van der Waals surface area contributed by atoms with Gasteiger partial charge in [-0.05, 0) is 32.8 Å². The lowest BCUT2D eigenvalue weighted by atomic mass is 10.0. The maximum Gasteiger partial charge on any atom is 0.329 e. The molecule has 1 heterocycles. The fourth-order valence-corrected chi connectivity index (χ4v) is 1.90. The van der Waals surface area contributed by atoms with Gasteiger partial charge in [-0.3, -0.25) is 4.79 Å². The van der Waals surface area contributed by atoms with Crippen molar-refractivity contribution >= 4 is 11.9 Å². The molecule has 1 atom stereocenters. The largest absolute Gasteiger partial charge is 0.469 e. The number of rotatable bonds is 5. The molecule has 0 spiro atoms. The molecule has 0 aromatic carbocycles. The summed E-state index contributed by atoms with van der Waals surface area (Å²) in [6.45, 7) is 11.0. The predicted octanol–water partition coefficient (Wildman–Crippen LogP) is 2.94. The molecule has 0 aliphatic carbocycles. The fourth-order valence-electron chi connectivity index (χ4n) is 1.90. The lowest BCUT2D eigenvalue weighted by Crippen LogP contribution is -2.47. The Morgan fingerprint density at radius 1 is 1.33 bits per heavy atom. The quantitative estimate of drug-likeness (QED) is 0.848. The number of aryl methyl sites for hydroxylation is 1. The van der Waals surface area contributed by atoms with Crippen LogP contribution in [0, 0.1) is 5.92 Å². The van der Waals surface area contributed by atoms with Gasteiger partial charge in [-0.25, -0.2) is 4.79 Å². The van der Waals surface area contributed by atoms with Crippen LogP contribution in [-0.2, 0) is 16.0 Å². The van der Waals surface area contributed by atoms with Crippen LogP contribution in [-0.4, -0.2) is 23.5 Å². The van der Waals surface area contributed by atoms with Crippen molar-refractivity contribution in [2.24, 2.45) is 5.92 Å². The Labute approximate surface area is 126 Å². The van der Waals surface area contributed by atoms with Crippen LogP contribution in [0.1, 0.15) is 57.7 Å². The van der Waals surface area contributed by atoms with Gasteiger partial charge >= 0.3 is 5.97 Å². The highest BCUT2D eigenvalue weighted by molar-refractivity contribution is 5.97. The van der Waals surface area contributed by atoms with E-state index >= 15 is 0 Å². The molecule has 1 aromatic heterocycles.